The highest BCUT2D eigenvalue weighted by Crippen LogP contribution is 2.47. The van der Waals surface area contributed by atoms with Crippen LogP contribution in [-0.2, 0) is 4.79 Å². The Bertz CT molecular complexity index is 623. The number of ketones is 1. The molecule has 132 valence electrons. The van der Waals surface area contributed by atoms with Crippen molar-refractivity contribution in [1.82, 2.24) is 0 Å². The third-order valence-corrected chi connectivity index (χ3v) is 6.19. The Morgan fingerprint density at radius 2 is 1.75 bits per heavy atom. The molecule has 0 amide bonds. The lowest BCUT2D eigenvalue weighted by Gasteiger charge is -2.44. The van der Waals surface area contributed by atoms with Crippen LogP contribution in [-0.4, -0.2) is 57.9 Å². The molecule has 0 spiro atoms. The maximum Gasteiger partial charge on any atom is 0.499 e. The van der Waals surface area contributed by atoms with Crippen molar-refractivity contribution in [2.24, 2.45) is 5.92 Å². The summed E-state index contributed by atoms with van der Waals surface area (Å²) in [7, 11) is -3.52. The molecule has 9 heteroatoms. The van der Waals surface area contributed by atoms with Crippen molar-refractivity contribution in [3.05, 3.63) is 29.8 Å². The summed E-state index contributed by atoms with van der Waals surface area (Å²) in [5.74, 6) is -3.47. The van der Waals surface area contributed by atoms with Crippen LogP contribution >= 0.6 is 0 Å². The van der Waals surface area contributed by atoms with Crippen LogP contribution < -0.4 is 4.74 Å². The smallest absolute Gasteiger partial charge is 0.497 e. The average molecular weight is 356 g/mol. The molecule has 1 saturated carbocycles. The van der Waals surface area contributed by atoms with E-state index in [4.69, 9.17) is 4.74 Å². The molecule has 0 heterocycles. The minimum absolute atomic E-state index is 0.00491. The Labute approximate surface area is 139 Å². The number of aliphatic carboxylic acids is 1. The van der Waals surface area contributed by atoms with Gasteiger partial charge in [-0.3, -0.25) is 9.59 Å². The third kappa shape index (κ3) is 3.21. The van der Waals surface area contributed by atoms with Crippen molar-refractivity contribution in [1.29, 1.82) is 0 Å². The second-order valence-corrected chi connectivity index (χ2v) is 8.02. The van der Waals surface area contributed by atoms with Crippen molar-refractivity contribution in [3.63, 3.8) is 0 Å². The Kier molecular flexibility index (Phi) is 5.11. The molecule has 0 radical (unpaired) electrons. The van der Waals surface area contributed by atoms with E-state index in [0.29, 0.717) is 5.75 Å². The molecule has 0 aromatic heterocycles. The van der Waals surface area contributed by atoms with Gasteiger partial charge >= 0.3 is 14.8 Å². The zero-order valence-corrected chi connectivity index (χ0v) is 14.0. The van der Waals surface area contributed by atoms with Gasteiger partial charge in [0.25, 0.3) is 0 Å². The zero-order valence-electron chi connectivity index (χ0n) is 13.0. The summed E-state index contributed by atoms with van der Waals surface area (Å²) in [5.41, 5.74) is -4.22. The second kappa shape index (κ2) is 6.61. The van der Waals surface area contributed by atoms with Gasteiger partial charge in [-0.2, -0.15) is 0 Å². The first-order valence-corrected chi connectivity index (χ1v) is 9.35. The van der Waals surface area contributed by atoms with Crippen molar-refractivity contribution >= 4 is 20.6 Å². The van der Waals surface area contributed by atoms with Gasteiger partial charge in [0.1, 0.15) is 11.4 Å². The number of methoxy groups -OCH3 is 1. The molecule has 1 fully saturated rings. The number of carbonyl (C=O) groups excluding carboxylic acids is 1. The van der Waals surface area contributed by atoms with Crippen LogP contribution in [0.3, 0.4) is 0 Å². The molecule has 1 aromatic rings. The van der Waals surface area contributed by atoms with Gasteiger partial charge in [-0.15, -0.1) is 0 Å². The third-order valence-electron chi connectivity index (χ3n) is 4.53. The number of carboxylic acid groups (broad SMARTS) is 1. The van der Waals surface area contributed by atoms with E-state index >= 15 is 0 Å². The van der Waals surface area contributed by atoms with E-state index in [0.717, 1.165) is 0 Å². The summed E-state index contributed by atoms with van der Waals surface area (Å²) >= 11 is 0. The Morgan fingerprint density at radius 3 is 2.21 bits per heavy atom. The molecule has 0 aliphatic heterocycles. The minimum atomic E-state index is -4.95. The SMILES string of the molecule is COc1ccc(C(=O)C2(O)C(C(=O)O)CCCC2[Si](O)(O)O)cc1. The van der Waals surface area contributed by atoms with Crippen LogP contribution in [0.5, 0.6) is 5.75 Å². The predicted octanol–water partition coefficient (Wildman–Crippen LogP) is -0.220. The highest BCUT2D eigenvalue weighted by molar-refractivity contribution is 6.59. The van der Waals surface area contributed by atoms with Gasteiger partial charge in [-0.25, -0.2) is 0 Å². The molecular weight excluding hydrogens is 336 g/mol. The molecule has 3 unspecified atom stereocenters. The van der Waals surface area contributed by atoms with Gasteiger partial charge in [0.15, 0.2) is 5.78 Å². The number of Topliss-reactive ketones (excluding diaryl/α,β-unsaturated/α-hetero) is 1. The van der Waals surface area contributed by atoms with Crippen molar-refractivity contribution in [3.8, 4) is 5.75 Å². The molecule has 1 aromatic carbocycles. The number of aliphatic hydroxyl groups is 1. The summed E-state index contributed by atoms with van der Waals surface area (Å²) in [5, 5.41) is 20.3. The molecule has 0 saturated heterocycles. The van der Waals surface area contributed by atoms with Gasteiger partial charge in [0.2, 0.25) is 0 Å². The first-order valence-electron chi connectivity index (χ1n) is 7.43. The zero-order chi connectivity index (χ0) is 18.1. The quantitative estimate of drug-likeness (QED) is 0.360. The predicted molar refractivity (Wildman–Crippen MR) is 83.4 cm³/mol. The summed E-state index contributed by atoms with van der Waals surface area (Å²) < 4.78 is 4.97. The van der Waals surface area contributed by atoms with Crippen molar-refractivity contribution < 1.29 is 38.9 Å². The molecule has 1 aliphatic rings. The first-order chi connectivity index (χ1) is 11.1. The normalized spacial score (nSPS) is 27.5. The van der Waals surface area contributed by atoms with Gasteiger partial charge in [-0.1, -0.05) is 6.42 Å². The van der Waals surface area contributed by atoms with Crippen LogP contribution in [0.25, 0.3) is 0 Å². The number of rotatable bonds is 5. The molecule has 2 rings (SSSR count). The molecule has 1 aliphatic carbocycles. The number of benzene rings is 1. The van der Waals surface area contributed by atoms with Crippen molar-refractivity contribution in [2.45, 2.75) is 30.4 Å². The monoisotopic (exact) mass is 356 g/mol. The molecule has 24 heavy (non-hydrogen) atoms. The fraction of sp³-hybridized carbons (Fsp3) is 0.467. The molecule has 3 atom stereocenters. The lowest BCUT2D eigenvalue weighted by molar-refractivity contribution is -0.152. The first kappa shape index (κ1) is 18.6. The fourth-order valence-corrected chi connectivity index (χ4v) is 4.81. The number of carbonyl (C=O) groups is 2. The van der Waals surface area contributed by atoms with Gasteiger partial charge in [0, 0.05) is 5.56 Å². The summed E-state index contributed by atoms with van der Waals surface area (Å²) in [4.78, 5) is 53.4. The minimum Gasteiger partial charge on any atom is -0.497 e. The summed E-state index contributed by atoms with van der Waals surface area (Å²) in [6.45, 7) is 0. The lowest BCUT2D eigenvalue weighted by Crippen LogP contribution is -2.62. The van der Waals surface area contributed by atoms with Crippen LogP contribution in [0, 0.1) is 5.92 Å². The van der Waals surface area contributed by atoms with E-state index in [2.05, 4.69) is 0 Å². The Morgan fingerprint density at radius 1 is 1.17 bits per heavy atom. The number of hydrogen-bond acceptors (Lipinski definition) is 7. The van der Waals surface area contributed by atoms with E-state index in [9.17, 15) is 34.2 Å². The van der Waals surface area contributed by atoms with Crippen LogP contribution in [0.4, 0.5) is 0 Å². The number of carboxylic acids is 1. The van der Waals surface area contributed by atoms with E-state index in [1.54, 1.807) is 0 Å². The average Bonchev–Trinajstić information content (AvgIpc) is 2.53. The molecule has 8 nitrogen and oxygen atoms in total. The van der Waals surface area contributed by atoms with Crippen LogP contribution in [0.1, 0.15) is 29.6 Å². The number of ether oxygens (including phenoxy) is 1. The largest absolute Gasteiger partial charge is 0.499 e. The fourth-order valence-electron chi connectivity index (χ4n) is 3.30. The van der Waals surface area contributed by atoms with Crippen molar-refractivity contribution in [2.75, 3.05) is 7.11 Å². The highest BCUT2D eigenvalue weighted by Gasteiger charge is 2.63. The van der Waals surface area contributed by atoms with E-state index in [-0.39, 0.29) is 24.8 Å². The van der Waals surface area contributed by atoms with Gasteiger partial charge in [-0.05, 0) is 37.1 Å². The van der Waals surface area contributed by atoms with E-state index in [1.807, 2.05) is 0 Å². The van der Waals surface area contributed by atoms with Gasteiger partial charge in [0.05, 0.1) is 18.6 Å². The maximum atomic E-state index is 12.8. The second-order valence-electron chi connectivity index (χ2n) is 5.94. The Hall–Kier alpha value is -1.78. The highest BCUT2D eigenvalue weighted by atomic mass is 28.4. The van der Waals surface area contributed by atoms with Crippen LogP contribution in [0.15, 0.2) is 24.3 Å². The van der Waals surface area contributed by atoms with Crippen LogP contribution in [0.2, 0.25) is 5.54 Å². The maximum absolute atomic E-state index is 12.8. The summed E-state index contributed by atoms with van der Waals surface area (Å²) in [6.07, 6.45) is 0.183. The molecular formula is C15H20O8Si. The lowest BCUT2D eigenvalue weighted by atomic mass is 9.71. The number of hydrogen-bond donors (Lipinski definition) is 5. The molecule has 5 N–H and O–H groups in total. The van der Waals surface area contributed by atoms with Gasteiger partial charge < -0.3 is 29.3 Å². The standard InChI is InChI=1S/C15H20O8Si/c1-23-10-7-5-9(6-8-10)13(16)15(19)11(14(17)18)3-2-4-12(15)24(20,21)22/h5-8,11-12,19-22H,2-4H2,1H3,(H,17,18). The topological polar surface area (TPSA) is 145 Å². The molecule has 0 bridgehead atoms. The van der Waals surface area contributed by atoms with E-state index in [1.165, 1.54) is 31.4 Å². The Balaban J connectivity index is 2.51. The van der Waals surface area contributed by atoms with E-state index < -0.39 is 37.6 Å². The summed E-state index contributed by atoms with van der Waals surface area (Å²) in [6, 6.07) is 5.62.